The van der Waals surface area contributed by atoms with Gasteiger partial charge in [0, 0.05) is 16.0 Å². The van der Waals surface area contributed by atoms with E-state index in [-0.39, 0.29) is 38.5 Å². The van der Waals surface area contributed by atoms with Gasteiger partial charge in [0.25, 0.3) is 10.1 Å². The molecular formula is C23H15ClN2O5S. The van der Waals surface area contributed by atoms with Crippen LogP contribution in [0, 0.1) is 0 Å². The number of phenols is 2. The smallest absolute Gasteiger partial charge is 0.295 e. The molecule has 0 saturated heterocycles. The van der Waals surface area contributed by atoms with Gasteiger partial charge in [-0.2, -0.15) is 8.42 Å². The molecule has 1 aromatic heterocycles. The SMILES string of the molecule is O=S(=O)(O)c1cc2[nH]c(-c3cccc(-c4ccc(Cl)cc4)c3O)nc2c2c(O)cccc12. The van der Waals surface area contributed by atoms with Crippen LogP contribution in [0.5, 0.6) is 11.5 Å². The number of aromatic amines is 1. The third-order valence-corrected chi connectivity index (χ3v) is 6.42. The molecule has 0 fully saturated rings. The van der Waals surface area contributed by atoms with Gasteiger partial charge in [0.2, 0.25) is 0 Å². The van der Waals surface area contributed by atoms with Crippen molar-refractivity contribution < 1.29 is 23.2 Å². The molecule has 32 heavy (non-hydrogen) atoms. The summed E-state index contributed by atoms with van der Waals surface area (Å²) in [6.07, 6.45) is 0. The van der Waals surface area contributed by atoms with Crippen LogP contribution in [0.25, 0.3) is 44.3 Å². The lowest BCUT2D eigenvalue weighted by atomic mass is 10.0. The number of rotatable bonds is 3. The number of aromatic nitrogens is 2. The van der Waals surface area contributed by atoms with E-state index in [4.69, 9.17) is 11.6 Å². The maximum atomic E-state index is 11.9. The molecule has 0 saturated carbocycles. The molecule has 160 valence electrons. The molecule has 4 aromatic carbocycles. The molecular weight excluding hydrogens is 452 g/mol. The van der Waals surface area contributed by atoms with Gasteiger partial charge < -0.3 is 15.2 Å². The highest BCUT2D eigenvalue weighted by Crippen LogP contribution is 2.40. The fraction of sp³-hybridized carbons (Fsp3) is 0. The van der Waals surface area contributed by atoms with Crippen LogP contribution in [0.1, 0.15) is 0 Å². The van der Waals surface area contributed by atoms with E-state index in [1.807, 2.05) is 0 Å². The van der Waals surface area contributed by atoms with Crippen molar-refractivity contribution in [3.05, 3.63) is 71.8 Å². The number of nitrogens with zero attached hydrogens (tertiary/aromatic N) is 1. The maximum absolute atomic E-state index is 11.9. The first-order valence-corrected chi connectivity index (χ1v) is 11.3. The number of aromatic hydroxyl groups is 2. The number of imidazole rings is 1. The summed E-state index contributed by atoms with van der Waals surface area (Å²) >= 11 is 5.96. The monoisotopic (exact) mass is 466 g/mol. The molecule has 0 aliphatic carbocycles. The Morgan fingerprint density at radius 3 is 2.31 bits per heavy atom. The predicted molar refractivity (Wildman–Crippen MR) is 123 cm³/mol. The first-order chi connectivity index (χ1) is 15.2. The van der Waals surface area contributed by atoms with E-state index >= 15 is 0 Å². The van der Waals surface area contributed by atoms with Crippen LogP contribution < -0.4 is 0 Å². The van der Waals surface area contributed by atoms with Gasteiger partial charge in [-0.05, 0) is 35.9 Å². The zero-order valence-electron chi connectivity index (χ0n) is 16.2. The quantitative estimate of drug-likeness (QED) is 0.265. The standard InChI is InChI=1S/C23H15ClN2O5S/c24-13-9-7-12(8-10-13)14-3-1-5-16(22(14)28)23-25-17-11-19(32(29,30)31)15-4-2-6-18(27)20(15)21(17)26-23/h1-11,27-28H,(H,25,26)(H,29,30,31). The first-order valence-electron chi connectivity index (χ1n) is 9.44. The van der Waals surface area contributed by atoms with Gasteiger partial charge in [-0.3, -0.25) is 4.55 Å². The molecule has 0 aliphatic heterocycles. The van der Waals surface area contributed by atoms with Crippen molar-refractivity contribution in [1.29, 1.82) is 0 Å². The van der Waals surface area contributed by atoms with Crippen LogP contribution in [0.2, 0.25) is 5.02 Å². The Bertz CT molecular complexity index is 1630. The van der Waals surface area contributed by atoms with Crippen molar-refractivity contribution in [2.75, 3.05) is 0 Å². The lowest BCUT2D eigenvalue weighted by Crippen LogP contribution is -1.99. The molecule has 0 radical (unpaired) electrons. The number of H-pyrrole nitrogens is 1. The minimum absolute atomic E-state index is 0.0302. The minimum atomic E-state index is -4.57. The van der Waals surface area contributed by atoms with Gasteiger partial charge in [0.15, 0.2) is 0 Å². The summed E-state index contributed by atoms with van der Waals surface area (Å²) in [6.45, 7) is 0. The summed E-state index contributed by atoms with van der Waals surface area (Å²) in [7, 11) is -4.57. The summed E-state index contributed by atoms with van der Waals surface area (Å²) in [5, 5.41) is 22.3. The Morgan fingerprint density at radius 2 is 1.59 bits per heavy atom. The second-order valence-electron chi connectivity index (χ2n) is 7.24. The van der Waals surface area contributed by atoms with E-state index in [1.165, 1.54) is 24.3 Å². The second kappa shape index (κ2) is 7.23. The zero-order valence-corrected chi connectivity index (χ0v) is 17.8. The van der Waals surface area contributed by atoms with E-state index in [2.05, 4.69) is 9.97 Å². The van der Waals surface area contributed by atoms with Gasteiger partial charge >= 0.3 is 0 Å². The fourth-order valence-corrected chi connectivity index (χ4v) is 4.66. The number of para-hydroxylation sites is 1. The molecule has 5 rings (SSSR count). The Hall–Kier alpha value is -3.59. The Balaban J connectivity index is 1.78. The van der Waals surface area contributed by atoms with E-state index in [0.29, 0.717) is 21.7 Å². The van der Waals surface area contributed by atoms with Crippen LogP contribution in [-0.4, -0.2) is 33.2 Å². The highest BCUT2D eigenvalue weighted by Gasteiger charge is 2.22. The normalized spacial score (nSPS) is 11.9. The molecule has 0 atom stereocenters. The van der Waals surface area contributed by atoms with Crippen molar-refractivity contribution in [3.63, 3.8) is 0 Å². The average Bonchev–Trinajstić information content (AvgIpc) is 3.17. The third kappa shape index (κ3) is 3.25. The number of hydrogen-bond acceptors (Lipinski definition) is 5. The van der Waals surface area contributed by atoms with Gasteiger partial charge in [-0.25, -0.2) is 4.98 Å². The second-order valence-corrected chi connectivity index (χ2v) is 9.07. The first kappa shape index (κ1) is 20.3. The highest BCUT2D eigenvalue weighted by molar-refractivity contribution is 7.86. The third-order valence-electron chi connectivity index (χ3n) is 5.28. The minimum Gasteiger partial charge on any atom is -0.507 e. The molecule has 0 aliphatic rings. The number of hydrogen-bond donors (Lipinski definition) is 4. The average molecular weight is 467 g/mol. The Labute approximate surface area is 187 Å². The molecule has 1 heterocycles. The van der Waals surface area contributed by atoms with E-state index in [0.717, 1.165) is 5.56 Å². The largest absolute Gasteiger partial charge is 0.507 e. The van der Waals surface area contributed by atoms with Crippen LogP contribution >= 0.6 is 11.6 Å². The van der Waals surface area contributed by atoms with Crippen LogP contribution in [0.4, 0.5) is 0 Å². The molecule has 0 spiro atoms. The highest BCUT2D eigenvalue weighted by atomic mass is 35.5. The van der Waals surface area contributed by atoms with Gasteiger partial charge in [0.1, 0.15) is 27.7 Å². The van der Waals surface area contributed by atoms with Crippen molar-refractivity contribution in [2.45, 2.75) is 4.90 Å². The Morgan fingerprint density at radius 1 is 0.906 bits per heavy atom. The van der Waals surface area contributed by atoms with Gasteiger partial charge in [-0.1, -0.05) is 48.0 Å². The number of halogens is 1. The molecule has 4 N–H and O–H groups in total. The fourth-order valence-electron chi connectivity index (χ4n) is 3.82. The summed E-state index contributed by atoms with van der Waals surface area (Å²) in [5.74, 6) is 0.0537. The molecule has 0 amide bonds. The maximum Gasteiger partial charge on any atom is 0.295 e. The summed E-state index contributed by atoms with van der Waals surface area (Å²) in [6, 6.07) is 17.8. The molecule has 0 unspecified atom stereocenters. The topological polar surface area (TPSA) is 124 Å². The zero-order chi connectivity index (χ0) is 22.6. The van der Waals surface area contributed by atoms with Crippen LogP contribution in [0.3, 0.4) is 0 Å². The summed E-state index contributed by atoms with van der Waals surface area (Å²) in [4.78, 5) is 7.17. The molecule has 0 bridgehead atoms. The Kier molecular flexibility index (Phi) is 4.59. The summed E-state index contributed by atoms with van der Waals surface area (Å²) in [5.41, 5.74) is 2.27. The lowest BCUT2D eigenvalue weighted by Gasteiger charge is -2.08. The van der Waals surface area contributed by atoms with Gasteiger partial charge in [0.05, 0.1) is 16.5 Å². The van der Waals surface area contributed by atoms with E-state index < -0.39 is 10.1 Å². The van der Waals surface area contributed by atoms with Crippen LogP contribution in [-0.2, 0) is 10.1 Å². The van der Waals surface area contributed by atoms with Gasteiger partial charge in [-0.15, -0.1) is 0 Å². The molecule has 9 heteroatoms. The van der Waals surface area contributed by atoms with E-state index in [1.54, 1.807) is 42.5 Å². The lowest BCUT2D eigenvalue weighted by molar-refractivity contribution is 0.478. The number of phenolic OH excluding ortho intramolecular Hbond substituents is 2. The van der Waals surface area contributed by atoms with E-state index in [9.17, 15) is 23.2 Å². The molecule has 7 nitrogen and oxygen atoms in total. The van der Waals surface area contributed by atoms with Crippen molar-refractivity contribution in [2.24, 2.45) is 0 Å². The van der Waals surface area contributed by atoms with Crippen LogP contribution in [0.15, 0.2) is 71.6 Å². The molecule has 5 aromatic rings. The van der Waals surface area contributed by atoms with Crippen molar-refractivity contribution in [1.82, 2.24) is 9.97 Å². The number of fused-ring (bicyclic) bond motifs is 3. The van der Waals surface area contributed by atoms with Crippen molar-refractivity contribution >= 4 is 43.5 Å². The predicted octanol–water partition coefficient (Wildman–Crippen LogP) is 5.36. The van der Waals surface area contributed by atoms with Crippen molar-refractivity contribution in [3.8, 4) is 34.0 Å². The number of nitrogens with one attached hydrogen (secondary N) is 1. The number of benzene rings is 4. The summed E-state index contributed by atoms with van der Waals surface area (Å²) < 4.78 is 33.6.